The Morgan fingerprint density at radius 3 is 1.65 bits per heavy atom. The summed E-state index contributed by atoms with van der Waals surface area (Å²) in [5.74, 6) is -1.40. The molecule has 2 aromatic rings. The minimum absolute atomic E-state index is 0.0244. The predicted octanol–water partition coefficient (Wildman–Crippen LogP) is 1.52. The molecule has 0 spiro atoms. The normalized spacial score (nSPS) is 12.4. The summed E-state index contributed by atoms with van der Waals surface area (Å²) in [6, 6.07) is 3.60. The number of carboxylic acids is 1. The Labute approximate surface area is 140 Å². The van der Waals surface area contributed by atoms with E-state index in [4.69, 9.17) is 14.2 Å². The molecule has 0 amide bonds. The second-order valence-electron chi connectivity index (χ2n) is 4.31. The third kappa shape index (κ3) is 3.55. The van der Waals surface area contributed by atoms with Crippen LogP contribution in [0.5, 0.6) is 0 Å². The fraction of sp³-hybridized carbons (Fsp3) is 0. The van der Waals surface area contributed by atoms with Gasteiger partial charge < -0.3 is 5.11 Å². The Balaban J connectivity index is 3.02. The maximum atomic E-state index is 11.3. The largest absolute Gasteiger partial charge is 0.478 e. The number of carboxylic acid groups (broad SMARTS) is 1. The van der Waals surface area contributed by atoms with Crippen LogP contribution >= 0.6 is 21.2 Å². The first-order chi connectivity index (χ1) is 10.4. The topological polar surface area (TPSA) is 163 Å². The maximum absolute atomic E-state index is 11.3. The molecule has 0 aromatic heterocycles. The van der Waals surface area contributed by atoms with E-state index >= 15 is 0 Å². The average Bonchev–Trinajstić information content (AvgIpc) is 2.42. The highest BCUT2D eigenvalue weighted by Gasteiger charge is 2.25. The third-order valence-electron chi connectivity index (χ3n) is 2.86. The number of hydrogen-bond acceptors (Lipinski definition) is 6. The number of halogens is 1. The molecule has 12 heteroatoms. The molecule has 2 aromatic carbocycles. The van der Waals surface area contributed by atoms with Crippen molar-refractivity contribution in [1.82, 2.24) is 0 Å². The van der Waals surface area contributed by atoms with E-state index in [0.717, 1.165) is 18.2 Å². The molecule has 0 saturated carbocycles. The standard InChI is InChI=1S/C11H7IO9S2/c13-11(14)7-1-5-3-9(22(16,17)18)10(23(19,20)21)4-6(5)2-8(7)12-15/h1-4H,(H,13,14)(H,16,17,18)(H,19,20,21). The van der Waals surface area contributed by atoms with Gasteiger partial charge in [-0.3, -0.25) is 12.2 Å². The molecule has 0 heterocycles. The van der Waals surface area contributed by atoms with E-state index in [0.29, 0.717) is 6.07 Å². The van der Waals surface area contributed by atoms with Crippen molar-refractivity contribution < 1.29 is 38.9 Å². The molecule has 2 rings (SSSR count). The van der Waals surface area contributed by atoms with Crippen LogP contribution < -0.4 is 0 Å². The highest BCUT2D eigenvalue weighted by molar-refractivity contribution is 14.1. The van der Waals surface area contributed by atoms with Crippen LogP contribution in [0.25, 0.3) is 10.8 Å². The number of rotatable bonds is 4. The van der Waals surface area contributed by atoms with Crippen molar-refractivity contribution in [3.8, 4) is 0 Å². The summed E-state index contributed by atoms with van der Waals surface area (Å²) in [6.45, 7) is 0. The van der Waals surface area contributed by atoms with Crippen molar-refractivity contribution in [1.29, 1.82) is 0 Å². The van der Waals surface area contributed by atoms with E-state index in [9.17, 15) is 24.7 Å². The van der Waals surface area contributed by atoms with Crippen LogP contribution in [0, 0.1) is 3.57 Å². The molecule has 3 N–H and O–H groups in total. The summed E-state index contributed by atoms with van der Waals surface area (Å²) in [5.41, 5.74) is -0.332. The smallest absolute Gasteiger partial charge is 0.336 e. The highest BCUT2D eigenvalue weighted by Crippen LogP contribution is 2.30. The van der Waals surface area contributed by atoms with Gasteiger partial charge in [0.15, 0.2) is 21.2 Å². The summed E-state index contributed by atoms with van der Waals surface area (Å²) in [6.07, 6.45) is 0. The summed E-state index contributed by atoms with van der Waals surface area (Å²) >= 11 is -1.90. The lowest BCUT2D eigenvalue weighted by atomic mass is 10.1. The molecule has 23 heavy (non-hydrogen) atoms. The minimum Gasteiger partial charge on any atom is -0.478 e. The van der Waals surface area contributed by atoms with Gasteiger partial charge in [0.2, 0.25) is 0 Å². The van der Waals surface area contributed by atoms with Crippen molar-refractivity contribution in [3.63, 3.8) is 0 Å². The molecule has 0 unspecified atom stereocenters. The van der Waals surface area contributed by atoms with Gasteiger partial charge >= 0.3 is 5.97 Å². The Morgan fingerprint density at radius 1 is 0.870 bits per heavy atom. The lowest BCUT2D eigenvalue weighted by Crippen LogP contribution is -2.09. The van der Waals surface area contributed by atoms with Crippen LogP contribution in [0.2, 0.25) is 0 Å². The average molecular weight is 474 g/mol. The van der Waals surface area contributed by atoms with Crippen molar-refractivity contribution >= 4 is 58.2 Å². The molecule has 0 saturated heterocycles. The third-order valence-corrected chi connectivity index (χ3v) is 6.14. The first-order valence-corrected chi connectivity index (χ1v) is 10.4. The monoisotopic (exact) mass is 474 g/mol. The molecule has 9 nitrogen and oxygen atoms in total. The first kappa shape index (κ1) is 17.9. The van der Waals surface area contributed by atoms with Crippen molar-refractivity contribution in [3.05, 3.63) is 33.4 Å². The number of carbonyl (C=O) groups is 1. The second-order valence-corrected chi connectivity index (χ2v) is 8.69. The highest BCUT2D eigenvalue weighted by atomic mass is 127. The summed E-state index contributed by atoms with van der Waals surface area (Å²) in [5, 5.41) is 9.06. The fourth-order valence-electron chi connectivity index (χ4n) is 1.91. The zero-order valence-corrected chi connectivity index (χ0v) is 14.6. The van der Waals surface area contributed by atoms with Gasteiger partial charge in [0.25, 0.3) is 20.2 Å². The Kier molecular flexibility index (Phi) is 4.55. The van der Waals surface area contributed by atoms with Gasteiger partial charge in [0, 0.05) is 0 Å². The Hall–Kier alpha value is -1.48. The summed E-state index contributed by atoms with van der Waals surface area (Å²) in [7, 11) is -9.98. The number of hydrogen-bond donors (Lipinski definition) is 3. The van der Waals surface area contributed by atoms with E-state index in [1.165, 1.54) is 0 Å². The summed E-state index contributed by atoms with van der Waals surface area (Å²) < 4.78 is 74.6. The van der Waals surface area contributed by atoms with Gasteiger partial charge in [-0.05, 0) is 35.0 Å². The van der Waals surface area contributed by atoms with E-state index in [-0.39, 0.29) is 19.9 Å². The molecule has 0 aliphatic carbocycles. The molecule has 0 fully saturated rings. The SMILES string of the molecule is O=Ic1cc2cc(S(=O)(=O)O)c(S(=O)(=O)O)cc2cc1C(=O)O. The van der Waals surface area contributed by atoms with Gasteiger partial charge in [0.05, 0.1) is 9.13 Å². The zero-order chi connectivity index (χ0) is 17.6. The quantitative estimate of drug-likeness (QED) is 0.440. The lowest BCUT2D eigenvalue weighted by molar-refractivity contribution is 0.0695. The molecule has 0 aliphatic heterocycles. The molecular weight excluding hydrogens is 467 g/mol. The van der Waals surface area contributed by atoms with E-state index < -0.39 is 57.2 Å². The number of aromatic carboxylic acids is 1. The first-order valence-electron chi connectivity index (χ1n) is 5.52. The van der Waals surface area contributed by atoms with Crippen LogP contribution in [0.4, 0.5) is 0 Å². The lowest BCUT2D eigenvalue weighted by Gasteiger charge is -2.09. The van der Waals surface area contributed by atoms with Gasteiger partial charge in [-0.2, -0.15) is 16.8 Å². The van der Waals surface area contributed by atoms with Crippen LogP contribution in [-0.4, -0.2) is 37.0 Å². The van der Waals surface area contributed by atoms with Crippen LogP contribution in [0.3, 0.4) is 0 Å². The Bertz CT molecular complexity index is 1050. The molecule has 124 valence electrons. The summed E-state index contributed by atoms with van der Waals surface area (Å²) in [4.78, 5) is 8.95. The van der Waals surface area contributed by atoms with Crippen molar-refractivity contribution in [2.45, 2.75) is 9.79 Å². The van der Waals surface area contributed by atoms with E-state index in [1.807, 2.05) is 0 Å². The van der Waals surface area contributed by atoms with Gasteiger partial charge in [-0.25, -0.2) is 4.79 Å². The van der Waals surface area contributed by atoms with Gasteiger partial charge in [-0.1, -0.05) is 0 Å². The predicted molar refractivity (Wildman–Crippen MR) is 83.9 cm³/mol. The Morgan fingerprint density at radius 2 is 1.30 bits per heavy atom. The zero-order valence-electron chi connectivity index (χ0n) is 10.8. The van der Waals surface area contributed by atoms with Crippen molar-refractivity contribution in [2.75, 3.05) is 0 Å². The van der Waals surface area contributed by atoms with Crippen LogP contribution in [0.1, 0.15) is 10.4 Å². The van der Waals surface area contributed by atoms with Gasteiger partial charge in [-0.15, -0.1) is 0 Å². The molecule has 0 atom stereocenters. The molecule has 0 aliphatic rings. The molecule has 0 radical (unpaired) electrons. The van der Waals surface area contributed by atoms with Crippen LogP contribution in [-0.2, 0) is 23.3 Å². The van der Waals surface area contributed by atoms with E-state index in [2.05, 4.69) is 0 Å². The number of fused-ring (bicyclic) bond motifs is 1. The van der Waals surface area contributed by atoms with E-state index in [1.54, 1.807) is 0 Å². The number of benzene rings is 2. The fourth-order valence-corrected chi connectivity index (χ4v) is 4.81. The van der Waals surface area contributed by atoms with Crippen LogP contribution in [0.15, 0.2) is 34.1 Å². The molecule has 0 bridgehead atoms. The molecular formula is C11H7IO9S2. The van der Waals surface area contributed by atoms with Crippen molar-refractivity contribution in [2.24, 2.45) is 0 Å². The van der Waals surface area contributed by atoms with Gasteiger partial charge in [0.1, 0.15) is 9.79 Å². The second kappa shape index (κ2) is 5.86. The minimum atomic E-state index is -5.00. The maximum Gasteiger partial charge on any atom is 0.336 e.